The number of piperazine rings is 1. The fourth-order valence-electron chi connectivity index (χ4n) is 3.33. The summed E-state index contributed by atoms with van der Waals surface area (Å²) in [4.78, 5) is 40.9. The molecule has 1 saturated heterocycles. The maximum Gasteiger partial charge on any atom is 0.409 e. The van der Waals surface area contributed by atoms with E-state index in [0.717, 1.165) is 11.1 Å². The first-order valence-electron chi connectivity index (χ1n) is 10.1. The molecule has 0 spiro atoms. The zero-order valence-electron chi connectivity index (χ0n) is 17.6. The number of benzene rings is 2. The van der Waals surface area contributed by atoms with Crippen LogP contribution in [0.5, 0.6) is 0 Å². The smallest absolute Gasteiger partial charge is 0.409 e. The molecule has 7 heteroatoms. The SMILES string of the molecule is CCOC(=O)N1CCN(C(=O)c2ccccc2NC(=O)c2ccc(C)c(C)c2)CC1. The van der Waals surface area contributed by atoms with Gasteiger partial charge in [-0.1, -0.05) is 18.2 Å². The summed E-state index contributed by atoms with van der Waals surface area (Å²) in [5, 5.41) is 2.87. The van der Waals surface area contributed by atoms with E-state index < -0.39 is 0 Å². The number of carbonyl (C=O) groups excluding carboxylic acids is 3. The van der Waals surface area contributed by atoms with Crippen molar-refractivity contribution in [3.63, 3.8) is 0 Å². The Labute approximate surface area is 176 Å². The van der Waals surface area contributed by atoms with Gasteiger partial charge in [-0.15, -0.1) is 0 Å². The Morgan fingerprint density at radius 3 is 2.27 bits per heavy atom. The summed E-state index contributed by atoms with van der Waals surface area (Å²) in [6.45, 7) is 7.70. The van der Waals surface area contributed by atoms with Crippen LogP contribution in [0.25, 0.3) is 0 Å². The maximum atomic E-state index is 13.1. The minimum atomic E-state index is -0.356. The Balaban J connectivity index is 1.70. The predicted molar refractivity (Wildman–Crippen MR) is 115 cm³/mol. The van der Waals surface area contributed by atoms with Crippen LogP contribution in [0.3, 0.4) is 0 Å². The Morgan fingerprint density at radius 2 is 1.60 bits per heavy atom. The molecule has 0 atom stereocenters. The fourth-order valence-corrected chi connectivity index (χ4v) is 3.33. The van der Waals surface area contributed by atoms with Crippen molar-refractivity contribution < 1.29 is 19.1 Å². The minimum absolute atomic E-state index is 0.172. The summed E-state index contributed by atoms with van der Waals surface area (Å²) in [5.74, 6) is -0.431. The number of amides is 3. The molecule has 3 amide bonds. The second kappa shape index (κ2) is 9.43. The van der Waals surface area contributed by atoms with Gasteiger partial charge in [-0.25, -0.2) is 4.79 Å². The number of anilines is 1. The van der Waals surface area contributed by atoms with E-state index in [4.69, 9.17) is 4.74 Å². The molecule has 0 unspecified atom stereocenters. The number of para-hydroxylation sites is 1. The van der Waals surface area contributed by atoms with Gasteiger partial charge in [-0.3, -0.25) is 9.59 Å². The third kappa shape index (κ3) is 4.79. The summed E-state index contributed by atoms with van der Waals surface area (Å²) in [7, 11) is 0. The van der Waals surface area contributed by atoms with Gasteiger partial charge in [0.1, 0.15) is 0 Å². The lowest BCUT2D eigenvalue weighted by Crippen LogP contribution is -2.50. The Kier molecular flexibility index (Phi) is 6.72. The zero-order chi connectivity index (χ0) is 21.7. The van der Waals surface area contributed by atoms with Crippen LogP contribution < -0.4 is 5.32 Å². The highest BCUT2D eigenvalue weighted by Crippen LogP contribution is 2.20. The van der Waals surface area contributed by atoms with Crippen LogP contribution >= 0.6 is 0 Å². The highest BCUT2D eigenvalue weighted by Gasteiger charge is 2.27. The van der Waals surface area contributed by atoms with E-state index in [2.05, 4.69) is 5.32 Å². The van der Waals surface area contributed by atoms with Crippen molar-refractivity contribution in [3.05, 3.63) is 64.7 Å². The molecule has 158 valence electrons. The third-order valence-corrected chi connectivity index (χ3v) is 5.27. The van der Waals surface area contributed by atoms with Crippen molar-refractivity contribution in [2.75, 3.05) is 38.1 Å². The molecule has 0 radical (unpaired) electrons. The predicted octanol–water partition coefficient (Wildman–Crippen LogP) is 3.47. The quantitative estimate of drug-likeness (QED) is 0.839. The molecular weight excluding hydrogens is 382 g/mol. The first-order valence-corrected chi connectivity index (χ1v) is 10.1. The van der Waals surface area contributed by atoms with Crippen LogP contribution in [0.1, 0.15) is 38.8 Å². The van der Waals surface area contributed by atoms with Crippen LogP contribution in [0, 0.1) is 13.8 Å². The molecule has 0 bridgehead atoms. The molecule has 1 fully saturated rings. The standard InChI is InChI=1S/C23H27N3O4/c1-4-30-23(29)26-13-11-25(12-14-26)22(28)19-7-5-6-8-20(19)24-21(27)18-10-9-16(2)17(3)15-18/h5-10,15H,4,11-14H2,1-3H3,(H,24,27). The number of nitrogens with one attached hydrogen (secondary N) is 1. The lowest BCUT2D eigenvalue weighted by Gasteiger charge is -2.34. The molecule has 0 aliphatic carbocycles. The van der Waals surface area contributed by atoms with E-state index in [0.29, 0.717) is 49.6 Å². The van der Waals surface area contributed by atoms with Crippen molar-refractivity contribution in [2.24, 2.45) is 0 Å². The van der Waals surface area contributed by atoms with Crippen molar-refractivity contribution in [1.82, 2.24) is 9.80 Å². The van der Waals surface area contributed by atoms with Gasteiger partial charge in [0.05, 0.1) is 17.9 Å². The average molecular weight is 409 g/mol. The van der Waals surface area contributed by atoms with Crippen molar-refractivity contribution >= 4 is 23.6 Å². The molecule has 1 heterocycles. The number of nitrogens with zero attached hydrogens (tertiary/aromatic N) is 2. The van der Waals surface area contributed by atoms with Crippen molar-refractivity contribution in [1.29, 1.82) is 0 Å². The van der Waals surface area contributed by atoms with E-state index in [-0.39, 0.29) is 17.9 Å². The summed E-state index contributed by atoms with van der Waals surface area (Å²) in [6, 6.07) is 12.5. The van der Waals surface area contributed by atoms with E-state index in [1.54, 1.807) is 47.1 Å². The van der Waals surface area contributed by atoms with Crippen LogP contribution in [-0.4, -0.2) is 60.5 Å². The van der Waals surface area contributed by atoms with E-state index >= 15 is 0 Å². The van der Waals surface area contributed by atoms with Gasteiger partial charge in [-0.05, 0) is 56.2 Å². The van der Waals surface area contributed by atoms with Gasteiger partial charge in [-0.2, -0.15) is 0 Å². The van der Waals surface area contributed by atoms with E-state index in [1.165, 1.54) is 0 Å². The lowest BCUT2D eigenvalue weighted by molar-refractivity contribution is 0.0571. The second-order valence-electron chi connectivity index (χ2n) is 7.28. The van der Waals surface area contributed by atoms with Crippen LogP contribution in [0.2, 0.25) is 0 Å². The number of rotatable bonds is 4. The summed E-state index contributed by atoms with van der Waals surface area (Å²) < 4.78 is 5.02. The van der Waals surface area contributed by atoms with Gasteiger partial charge >= 0.3 is 6.09 Å². The Hall–Kier alpha value is -3.35. The lowest BCUT2D eigenvalue weighted by atomic mass is 10.1. The molecule has 7 nitrogen and oxygen atoms in total. The summed E-state index contributed by atoms with van der Waals surface area (Å²) in [5.41, 5.74) is 3.59. The van der Waals surface area contributed by atoms with Crippen LogP contribution in [0.4, 0.5) is 10.5 Å². The largest absolute Gasteiger partial charge is 0.450 e. The van der Waals surface area contributed by atoms with Gasteiger partial charge in [0, 0.05) is 31.7 Å². The molecule has 3 rings (SSSR count). The highest BCUT2D eigenvalue weighted by atomic mass is 16.6. The third-order valence-electron chi connectivity index (χ3n) is 5.27. The Morgan fingerprint density at radius 1 is 0.933 bits per heavy atom. The summed E-state index contributed by atoms with van der Waals surface area (Å²) >= 11 is 0. The van der Waals surface area contributed by atoms with Gasteiger partial charge < -0.3 is 19.9 Å². The topological polar surface area (TPSA) is 79.0 Å². The molecule has 0 aromatic heterocycles. The first-order chi connectivity index (χ1) is 14.4. The molecule has 1 N–H and O–H groups in total. The number of carbonyl (C=O) groups is 3. The van der Waals surface area contributed by atoms with Gasteiger partial charge in [0.15, 0.2) is 0 Å². The first kappa shape index (κ1) is 21.4. The molecule has 2 aromatic carbocycles. The van der Waals surface area contributed by atoms with Gasteiger partial charge in [0.2, 0.25) is 0 Å². The normalized spacial score (nSPS) is 13.7. The van der Waals surface area contributed by atoms with Crippen LogP contribution in [0.15, 0.2) is 42.5 Å². The molecular formula is C23H27N3O4. The highest BCUT2D eigenvalue weighted by molar-refractivity contribution is 6.09. The maximum absolute atomic E-state index is 13.1. The molecule has 2 aromatic rings. The summed E-state index contributed by atoms with van der Waals surface area (Å²) in [6.07, 6.45) is -0.356. The molecule has 1 aliphatic heterocycles. The Bertz CT molecular complexity index is 949. The molecule has 30 heavy (non-hydrogen) atoms. The van der Waals surface area contributed by atoms with Crippen LogP contribution in [-0.2, 0) is 4.74 Å². The number of ether oxygens (including phenoxy) is 1. The van der Waals surface area contributed by atoms with E-state index in [1.807, 2.05) is 26.0 Å². The van der Waals surface area contributed by atoms with E-state index in [9.17, 15) is 14.4 Å². The average Bonchev–Trinajstić information content (AvgIpc) is 2.76. The molecule has 0 saturated carbocycles. The monoisotopic (exact) mass is 409 g/mol. The van der Waals surface area contributed by atoms with Crippen molar-refractivity contribution in [2.45, 2.75) is 20.8 Å². The molecule has 1 aliphatic rings. The van der Waals surface area contributed by atoms with Gasteiger partial charge in [0.25, 0.3) is 11.8 Å². The second-order valence-corrected chi connectivity index (χ2v) is 7.28. The minimum Gasteiger partial charge on any atom is -0.450 e. The zero-order valence-corrected chi connectivity index (χ0v) is 17.6. The van der Waals surface area contributed by atoms with Crippen molar-refractivity contribution in [3.8, 4) is 0 Å². The number of hydrogen-bond donors (Lipinski definition) is 1. The number of aryl methyl sites for hydroxylation is 2. The number of hydrogen-bond acceptors (Lipinski definition) is 4. The fraction of sp³-hybridized carbons (Fsp3) is 0.348.